The van der Waals surface area contributed by atoms with Crippen LogP contribution in [0.3, 0.4) is 0 Å². The van der Waals surface area contributed by atoms with E-state index >= 15 is 0 Å². The van der Waals surface area contributed by atoms with E-state index in [2.05, 4.69) is 0 Å². The molecule has 1 N–H and O–H groups in total. The first kappa shape index (κ1) is 14.3. The maximum absolute atomic E-state index is 11.3. The molecule has 1 unspecified atom stereocenters. The normalized spacial score (nSPS) is 12.2. The van der Waals surface area contributed by atoms with Crippen LogP contribution in [0.2, 0.25) is 0 Å². The average molecular weight is 233 g/mol. The molecule has 0 aromatic heterocycles. The zero-order valence-corrected chi connectivity index (χ0v) is 10.3. The van der Waals surface area contributed by atoms with Gasteiger partial charge in [-0.25, -0.2) is 4.79 Å². The molecule has 0 rings (SSSR count). The van der Waals surface area contributed by atoms with E-state index in [0.29, 0.717) is 13.0 Å². The Kier molecular flexibility index (Phi) is 7.21. The summed E-state index contributed by atoms with van der Waals surface area (Å²) in [6.07, 6.45) is 3.22. The van der Waals surface area contributed by atoms with Gasteiger partial charge in [0.15, 0.2) is 0 Å². The molecule has 0 saturated carbocycles. The standard InChI is InChI=1S/C10H19NO3S/c1-4-6-11(8(2)12)9(10(13)14)5-7-15-3/h9H,4-7H2,1-3H3,(H,13,14). The van der Waals surface area contributed by atoms with Crippen molar-refractivity contribution in [2.75, 3.05) is 18.6 Å². The van der Waals surface area contributed by atoms with Gasteiger partial charge in [-0.15, -0.1) is 0 Å². The number of carbonyl (C=O) groups excluding carboxylic acids is 1. The Bertz CT molecular complexity index is 221. The molecule has 4 nitrogen and oxygen atoms in total. The number of nitrogens with zero attached hydrogens (tertiary/aromatic N) is 1. The van der Waals surface area contributed by atoms with Gasteiger partial charge in [-0.3, -0.25) is 4.79 Å². The van der Waals surface area contributed by atoms with Gasteiger partial charge in [0.2, 0.25) is 5.91 Å². The number of carboxylic acids is 1. The van der Waals surface area contributed by atoms with E-state index in [1.807, 2.05) is 13.2 Å². The highest BCUT2D eigenvalue weighted by molar-refractivity contribution is 7.98. The van der Waals surface area contributed by atoms with Crippen molar-refractivity contribution in [2.45, 2.75) is 32.7 Å². The van der Waals surface area contributed by atoms with Gasteiger partial charge in [0.1, 0.15) is 6.04 Å². The van der Waals surface area contributed by atoms with E-state index in [1.165, 1.54) is 11.8 Å². The van der Waals surface area contributed by atoms with Gasteiger partial charge in [0.05, 0.1) is 0 Å². The quantitative estimate of drug-likeness (QED) is 0.723. The largest absolute Gasteiger partial charge is 0.480 e. The summed E-state index contributed by atoms with van der Waals surface area (Å²) in [6, 6.07) is -0.671. The Morgan fingerprint density at radius 1 is 1.47 bits per heavy atom. The minimum Gasteiger partial charge on any atom is -0.480 e. The molecule has 0 aromatic carbocycles. The van der Waals surface area contributed by atoms with Crippen molar-refractivity contribution >= 4 is 23.6 Å². The Morgan fingerprint density at radius 2 is 2.07 bits per heavy atom. The molecule has 0 fully saturated rings. The lowest BCUT2D eigenvalue weighted by Crippen LogP contribution is -2.44. The molecule has 0 radical (unpaired) electrons. The van der Waals surface area contributed by atoms with Crippen LogP contribution in [0.25, 0.3) is 0 Å². The van der Waals surface area contributed by atoms with Crippen LogP contribution >= 0.6 is 11.8 Å². The highest BCUT2D eigenvalue weighted by Gasteiger charge is 2.26. The van der Waals surface area contributed by atoms with E-state index in [4.69, 9.17) is 5.11 Å². The highest BCUT2D eigenvalue weighted by Crippen LogP contribution is 2.10. The van der Waals surface area contributed by atoms with Gasteiger partial charge >= 0.3 is 5.97 Å². The Hall–Kier alpha value is -0.710. The fraction of sp³-hybridized carbons (Fsp3) is 0.800. The number of hydrogen-bond acceptors (Lipinski definition) is 3. The monoisotopic (exact) mass is 233 g/mol. The summed E-state index contributed by atoms with van der Waals surface area (Å²) >= 11 is 1.59. The van der Waals surface area contributed by atoms with Gasteiger partial charge in [-0.1, -0.05) is 6.92 Å². The minimum absolute atomic E-state index is 0.162. The smallest absolute Gasteiger partial charge is 0.326 e. The molecule has 5 heteroatoms. The highest BCUT2D eigenvalue weighted by atomic mass is 32.2. The van der Waals surface area contributed by atoms with Gasteiger partial charge < -0.3 is 10.0 Å². The van der Waals surface area contributed by atoms with Crippen LogP contribution in [0.1, 0.15) is 26.7 Å². The summed E-state index contributed by atoms with van der Waals surface area (Å²) in [6.45, 7) is 3.87. The van der Waals surface area contributed by atoms with Crippen molar-refractivity contribution in [3.05, 3.63) is 0 Å². The van der Waals surface area contributed by atoms with Gasteiger partial charge in [-0.2, -0.15) is 11.8 Å². The second-order valence-electron chi connectivity index (χ2n) is 3.35. The van der Waals surface area contributed by atoms with Crippen molar-refractivity contribution in [2.24, 2.45) is 0 Å². The second-order valence-corrected chi connectivity index (χ2v) is 4.33. The minimum atomic E-state index is -0.910. The Labute approximate surface area is 95.0 Å². The molecule has 15 heavy (non-hydrogen) atoms. The summed E-state index contributed by atoms with van der Waals surface area (Å²) in [7, 11) is 0. The maximum atomic E-state index is 11.3. The predicted octanol–water partition coefficient (Wildman–Crippen LogP) is 1.45. The van der Waals surface area contributed by atoms with Crippen molar-refractivity contribution < 1.29 is 14.7 Å². The number of hydrogen-bond donors (Lipinski definition) is 1. The SMILES string of the molecule is CCCN(C(C)=O)C(CCSC)C(=O)O. The fourth-order valence-electron chi connectivity index (χ4n) is 1.42. The lowest BCUT2D eigenvalue weighted by molar-refractivity contribution is -0.149. The number of carboxylic acid groups (broad SMARTS) is 1. The van der Waals surface area contributed by atoms with Gasteiger partial charge in [-0.05, 0) is 24.9 Å². The predicted molar refractivity (Wildman–Crippen MR) is 62.1 cm³/mol. The molecular formula is C10H19NO3S. The molecule has 0 heterocycles. The zero-order valence-electron chi connectivity index (χ0n) is 9.52. The third-order valence-corrected chi connectivity index (χ3v) is 2.77. The van der Waals surface area contributed by atoms with Crippen molar-refractivity contribution in [1.82, 2.24) is 4.90 Å². The molecule has 0 saturated heterocycles. The number of thioether (sulfide) groups is 1. The topological polar surface area (TPSA) is 57.6 Å². The summed E-state index contributed by atoms with van der Waals surface area (Å²) in [5, 5.41) is 9.04. The van der Waals surface area contributed by atoms with Crippen molar-refractivity contribution in [3.63, 3.8) is 0 Å². The lowest BCUT2D eigenvalue weighted by atomic mass is 10.2. The van der Waals surface area contributed by atoms with Crippen LogP contribution in [0.5, 0.6) is 0 Å². The third kappa shape index (κ3) is 5.06. The number of rotatable bonds is 7. The summed E-state index contributed by atoms with van der Waals surface area (Å²) in [4.78, 5) is 23.8. The Morgan fingerprint density at radius 3 is 2.40 bits per heavy atom. The van der Waals surface area contributed by atoms with Gasteiger partial charge in [0, 0.05) is 13.5 Å². The van der Waals surface area contributed by atoms with Crippen LogP contribution < -0.4 is 0 Å². The molecule has 88 valence electrons. The first-order valence-electron chi connectivity index (χ1n) is 5.03. The van der Waals surface area contributed by atoms with E-state index in [-0.39, 0.29) is 5.91 Å². The molecule has 0 bridgehead atoms. The molecule has 1 amide bonds. The summed E-state index contributed by atoms with van der Waals surface area (Å²) in [5.41, 5.74) is 0. The van der Waals surface area contributed by atoms with E-state index in [1.54, 1.807) is 11.8 Å². The molecular weight excluding hydrogens is 214 g/mol. The second kappa shape index (κ2) is 7.56. The molecule has 0 spiro atoms. The zero-order chi connectivity index (χ0) is 11.8. The van der Waals surface area contributed by atoms with Crippen LogP contribution in [-0.2, 0) is 9.59 Å². The molecule has 0 aliphatic carbocycles. The van der Waals surface area contributed by atoms with E-state index < -0.39 is 12.0 Å². The van der Waals surface area contributed by atoms with Crippen molar-refractivity contribution in [3.8, 4) is 0 Å². The van der Waals surface area contributed by atoms with E-state index in [9.17, 15) is 9.59 Å². The number of amides is 1. The first-order valence-corrected chi connectivity index (χ1v) is 6.42. The molecule has 0 aliphatic rings. The van der Waals surface area contributed by atoms with Crippen LogP contribution in [0, 0.1) is 0 Å². The third-order valence-electron chi connectivity index (χ3n) is 2.13. The van der Waals surface area contributed by atoms with Crippen LogP contribution in [0.4, 0.5) is 0 Å². The van der Waals surface area contributed by atoms with Crippen LogP contribution in [-0.4, -0.2) is 46.5 Å². The summed E-state index contributed by atoms with van der Waals surface area (Å²) < 4.78 is 0. The number of aliphatic carboxylic acids is 1. The lowest BCUT2D eigenvalue weighted by Gasteiger charge is -2.27. The van der Waals surface area contributed by atoms with Gasteiger partial charge in [0.25, 0.3) is 0 Å². The maximum Gasteiger partial charge on any atom is 0.326 e. The summed E-state index contributed by atoms with van der Waals surface area (Å²) in [5.74, 6) is -0.317. The molecule has 0 aromatic rings. The molecule has 0 aliphatic heterocycles. The average Bonchev–Trinajstić information content (AvgIpc) is 2.16. The number of carbonyl (C=O) groups is 2. The van der Waals surface area contributed by atoms with Crippen LogP contribution in [0.15, 0.2) is 0 Å². The first-order chi connectivity index (χ1) is 7.04. The van der Waals surface area contributed by atoms with Crippen molar-refractivity contribution in [1.29, 1.82) is 0 Å². The Balaban J connectivity index is 4.52. The van der Waals surface area contributed by atoms with E-state index in [0.717, 1.165) is 12.2 Å². The fourth-order valence-corrected chi connectivity index (χ4v) is 1.87. The molecule has 1 atom stereocenters.